The van der Waals surface area contributed by atoms with E-state index in [0.29, 0.717) is 12.1 Å². The molecule has 0 spiro atoms. The second kappa shape index (κ2) is 5.73. The van der Waals surface area contributed by atoms with Gasteiger partial charge in [-0.15, -0.1) is 0 Å². The summed E-state index contributed by atoms with van der Waals surface area (Å²) < 4.78 is 5.36. The van der Waals surface area contributed by atoms with E-state index in [0.717, 1.165) is 38.1 Å². The number of nitrogens with one attached hydrogen (secondary N) is 1. The molecule has 0 aromatic carbocycles. The topological polar surface area (TPSA) is 91.7 Å². The minimum absolute atomic E-state index is 0.353. The number of nitrogens with two attached hydrogens (primary N) is 1. The molecule has 1 atom stereocenters. The number of rotatable bonds is 3. The lowest BCUT2D eigenvalue weighted by atomic mass is 9.98. The van der Waals surface area contributed by atoms with Crippen molar-refractivity contribution < 1.29 is 14.3 Å². The summed E-state index contributed by atoms with van der Waals surface area (Å²) in [6, 6.07) is 1.70. The van der Waals surface area contributed by atoms with Crippen LogP contribution in [0.5, 0.6) is 0 Å². The van der Waals surface area contributed by atoms with Gasteiger partial charge in [-0.3, -0.25) is 15.1 Å². The highest BCUT2D eigenvalue weighted by Gasteiger charge is 2.25. The molecule has 0 bridgehead atoms. The number of furan rings is 1. The molecule has 1 saturated heterocycles. The van der Waals surface area contributed by atoms with Gasteiger partial charge in [0.25, 0.3) is 5.91 Å². The molecular weight excluding hydrogens is 246 g/mol. The summed E-state index contributed by atoms with van der Waals surface area (Å²) in [4.78, 5) is 13.5. The molecular formula is C13H21N3O3. The summed E-state index contributed by atoms with van der Waals surface area (Å²) >= 11 is 0. The summed E-state index contributed by atoms with van der Waals surface area (Å²) in [5.41, 5.74) is 1.94. The van der Waals surface area contributed by atoms with E-state index in [2.05, 4.69) is 10.3 Å². The molecule has 1 aromatic rings. The van der Waals surface area contributed by atoms with Gasteiger partial charge in [0.05, 0.1) is 17.7 Å². The Labute approximate surface area is 112 Å². The molecule has 1 aliphatic heterocycles. The van der Waals surface area contributed by atoms with Crippen LogP contribution in [0.3, 0.4) is 0 Å². The van der Waals surface area contributed by atoms with Crippen LogP contribution in [0.15, 0.2) is 16.7 Å². The smallest absolute Gasteiger partial charge is 0.268 e. The van der Waals surface area contributed by atoms with Gasteiger partial charge < -0.3 is 9.52 Å². The van der Waals surface area contributed by atoms with Crippen molar-refractivity contribution in [3.8, 4) is 0 Å². The van der Waals surface area contributed by atoms with E-state index in [-0.39, 0.29) is 5.91 Å². The third-order valence-electron chi connectivity index (χ3n) is 3.58. The molecule has 1 unspecified atom stereocenters. The molecule has 6 nitrogen and oxygen atoms in total. The maximum atomic E-state index is 11.3. The second-order valence-electron chi connectivity index (χ2n) is 5.40. The van der Waals surface area contributed by atoms with Crippen LogP contribution in [0.4, 0.5) is 0 Å². The normalized spacial score (nSPS) is 25.0. The number of likely N-dealkylation sites (tertiary alicyclic amines) is 1. The van der Waals surface area contributed by atoms with Gasteiger partial charge in [-0.2, -0.15) is 0 Å². The molecule has 4 N–H and O–H groups in total. The fraction of sp³-hybridized carbons (Fsp3) is 0.615. The molecule has 6 heteroatoms. The molecule has 1 fully saturated rings. The molecule has 2 rings (SSSR count). The molecule has 2 heterocycles. The van der Waals surface area contributed by atoms with Gasteiger partial charge in [0.1, 0.15) is 12.0 Å². The summed E-state index contributed by atoms with van der Waals surface area (Å²) in [6.07, 6.45) is 3.95. The molecule has 1 aliphatic rings. The first kappa shape index (κ1) is 14.0. The highest BCUT2D eigenvalue weighted by atomic mass is 16.3. The van der Waals surface area contributed by atoms with E-state index in [1.165, 1.54) is 6.26 Å². The summed E-state index contributed by atoms with van der Waals surface area (Å²) in [6.45, 7) is 4.28. The van der Waals surface area contributed by atoms with Gasteiger partial charge in [-0.25, -0.2) is 5.84 Å². The van der Waals surface area contributed by atoms with Gasteiger partial charge in [-0.05, 0) is 38.8 Å². The molecule has 19 heavy (non-hydrogen) atoms. The fourth-order valence-corrected chi connectivity index (χ4v) is 2.36. The molecule has 0 saturated carbocycles. The Morgan fingerprint density at radius 2 is 2.37 bits per heavy atom. The quantitative estimate of drug-likeness (QED) is 0.424. The Hall–Kier alpha value is -1.37. The predicted octanol–water partition coefficient (Wildman–Crippen LogP) is 0.620. The van der Waals surface area contributed by atoms with Crippen LogP contribution in [0.1, 0.15) is 42.3 Å². The lowest BCUT2D eigenvalue weighted by Gasteiger charge is -2.21. The standard InChI is InChI=1S/C13H21N3O3/c1-13(18)3-2-5-16(6-4-13)8-11-7-10(9-19-11)12(17)15-14/h7,9,18H,2-6,8,14H2,1H3,(H,15,17). The zero-order valence-corrected chi connectivity index (χ0v) is 11.2. The average molecular weight is 267 g/mol. The molecule has 1 aromatic heterocycles. The number of carbonyl (C=O) groups excluding carboxylic acids is 1. The third kappa shape index (κ3) is 3.79. The van der Waals surface area contributed by atoms with E-state index in [1.807, 2.05) is 6.92 Å². The van der Waals surface area contributed by atoms with Crippen LogP contribution < -0.4 is 11.3 Å². The molecule has 1 amide bonds. The Morgan fingerprint density at radius 1 is 1.58 bits per heavy atom. The van der Waals surface area contributed by atoms with Crippen LogP contribution in [0, 0.1) is 0 Å². The number of hydrogen-bond donors (Lipinski definition) is 3. The summed E-state index contributed by atoms with van der Waals surface area (Å²) in [5, 5.41) is 10.0. The molecule has 0 aliphatic carbocycles. The van der Waals surface area contributed by atoms with Gasteiger partial charge >= 0.3 is 0 Å². The van der Waals surface area contributed by atoms with E-state index in [4.69, 9.17) is 10.3 Å². The Balaban J connectivity index is 1.94. The molecule has 0 radical (unpaired) electrons. The first-order valence-corrected chi connectivity index (χ1v) is 6.53. The molecule has 106 valence electrons. The maximum Gasteiger partial charge on any atom is 0.268 e. The van der Waals surface area contributed by atoms with Gasteiger partial charge in [0, 0.05) is 6.54 Å². The predicted molar refractivity (Wildman–Crippen MR) is 70.1 cm³/mol. The van der Waals surface area contributed by atoms with Crippen LogP contribution in [-0.2, 0) is 6.54 Å². The van der Waals surface area contributed by atoms with Gasteiger partial charge in [0.15, 0.2) is 0 Å². The number of aliphatic hydroxyl groups is 1. The zero-order valence-electron chi connectivity index (χ0n) is 11.2. The highest BCUT2D eigenvalue weighted by molar-refractivity contribution is 5.93. The fourth-order valence-electron chi connectivity index (χ4n) is 2.36. The monoisotopic (exact) mass is 267 g/mol. The first-order chi connectivity index (χ1) is 9.00. The van der Waals surface area contributed by atoms with E-state index >= 15 is 0 Å². The SMILES string of the molecule is CC1(O)CCCN(Cc2cc(C(=O)NN)co2)CC1. The largest absolute Gasteiger partial charge is 0.467 e. The van der Waals surface area contributed by atoms with Crippen LogP contribution >= 0.6 is 0 Å². The number of amides is 1. The maximum absolute atomic E-state index is 11.3. The van der Waals surface area contributed by atoms with Crippen molar-refractivity contribution in [3.05, 3.63) is 23.7 Å². The van der Waals surface area contributed by atoms with Crippen molar-refractivity contribution in [3.63, 3.8) is 0 Å². The second-order valence-corrected chi connectivity index (χ2v) is 5.40. The number of nitrogen functional groups attached to an aromatic ring is 1. The number of carbonyl (C=O) groups is 1. The van der Waals surface area contributed by atoms with E-state index < -0.39 is 5.60 Å². The van der Waals surface area contributed by atoms with E-state index in [1.54, 1.807) is 6.07 Å². The lowest BCUT2D eigenvalue weighted by molar-refractivity contribution is 0.0442. The summed E-state index contributed by atoms with van der Waals surface area (Å²) in [5.74, 6) is 5.45. The van der Waals surface area contributed by atoms with Crippen LogP contribution in [-0.4, -0.2) is 34.6 Å². The van der Waals surface area contributed by atoms with E-state index in [9.17, 15) is 9.90 Å². The van der Waals surface area contributed by atoms with Crippen LogP contribution in [0.2, 0.25) is 0 Å². The highest BCUT2D eigenvalue weighted by Crippen LogP contribution is 2.22. The minimum atomic E-state index is -0.567. The van der Waals surface area contributed by atoms with Crippen molar-refractivity contribution >= 4 is 5.91 Å². The van der Waals surface area contributed by atoms with Gasteiger partial charge in [-0.1, -0.05) is 0 Å². The number of hydrogen-bond acceptors (Lipinski definition) is 5. The van der Waals surface area contributed by atoms with Crippen molar-refractivity contribution in [2.24, 2.45) is 5.84 Å². The van der Waals surface area contributed by atoms with Crippen molar-refractivity contribution in [2.45, 2.75) is 38.3 Å². The lowest BCUT2D eigenvalue weighted by Crippen LogP contribution is -2.29. The Bertz CT molecular complexity index is 442. The van der Waals surface area contributed by atoms with Crippen molar-refractivity contribution in [1.29, 1.82) is 0 Å². The number of nitrogens with zero attached hydrogens (tertiary/aromatic N) is 1. The first-order valence-electron chi connectivity index (χ1n) is 6.53. The summed E-state index contributed by atoms with van der Waals surface area (Å²) in [7, 11) is 0. The average Bonchev–Trinajstić information content (AvgIpc) is 2.76. The van der Waals surface area contributed by atoms with Crippen molar-refractivity contribution in [1.82, 2.24) is 10.3 Å². The number of hydrazine groups is 1. The minimum Gasteiger partial charge on any atom is -0.467 e. The van der Waals surface area contributed by atoms with Crippen LogP contribution in [0.25, 0.3) is 0 Å². The van der Waals surface area contributed by atoms with Gasteiger partial charge in [0.2, 0.25) is 0 Å². The third-order valence-corrected chi connectivity index (χ3v) is 3.58. The van der Waals surface area contributed by atoms with Crippen molar-refractivity contribution in [2.75, 3.05) is 13.1 Å². The Kier molecular flexibility index (Phi) is 4.24. The Morgan fingerprint density at radius 3 is 3.11 bits per heavy atom. The zero-order chi connectivity index (χ0) is 13.9.